The van der Waals surface area contributed by atoms with E-state index < -0.39 is 0 Å². The number of hydrogen-bond donors (Lipinski definition) is 1. The summed E-state index contributed by atoms with van der Waals surface area (Å²) in [6, 6.07) is 6.24. The van der Waals surface area contributed by atoms with Gasteiger partial charge in [-0.05, 0) is 37.0 Å². The Bertz CT molecular complexity index is 433. The topological polar surface area (TPSA) is 40.5 Å². The molecule has 1 aromatic carbocycles. The van der Waals surface area contributed by atoms with Crippen LogP contribution in [0.1, 0.15) is 37.7 Å². The van der Waals surface area contributed by atoms with E-state index in [1.165, 1.54) is 12.1 Å². The summed E-state index contributed by atoms with van der Waals surface area (Å²) in [6.45, 7) is 0.787. The Kier molecular flexibility index (Phi) is 5.53. The molecule has 0 bridgehead atoms. The van der Waals surface area contributed by atoms with Gasteiger partial charge in [-0.2, -0.15) is 0 Å². The number of rotatable bonds is 4. The van der Waals surface area contributed by atoms with Crippen LogP contribution in [0, 0.1) is 5.82 Å². The van der Waals surface area contributed by atoms with Crippen LogP contribution in [0.3, 0.4) is 0 Å². The zero-order valence-electron chi connectivity index (χ0n) is 11.7. The Labute approximate surface area is 119 Å². The van der Waals surface area contributed by atoms with Gasteiger partial charge in [0.25, 0.3) is 0 Å². The minimum Gasteiger partial charge on any atom is -0.394 e. The largest absolute Gasteiger partial charge is 0.394 e. The summed E-state index contributed by atoms with van der Waals surface area (Å²) >= 11 is 0. The maximum Gasteiger partial charge on any atom is 0.223 e. The average molecular weight is 279 g/mol. The lowest BCUT2D eigenvalue weighted by atomic mass is 10.1. The van der Waals surface area contributed by atoms with Gasteiger partial charge in [0.2, 0.25) is 5.91 Å². The second-order valence-electron chi connectivity index (χ2n) is 5.40. The van der Waals surface area contributed by atoms with Crippen LogP contribution in [0.5, 0.6) is 0 Å². The van der Waals surface area contributed by atoms with E-state index >= 15 is 0 Å². The lowest BCUT2D eigenvalue weighted by Crippen LogP contribution is -2.42. The molecule has 0 aromatic heterocycles. The molecule has 1 aliphatic heterocycles. The number of carbonyl (C=O) groups is 1. The SMILES string of the molecule is O=C(CCc1ccc(F)cc1)N1CCCCCC1CO. The van der Waals surface area contributed by atoms with Crippen molar-refractivity contribution in [2.75, 3.05) is 13.2 Å². The monoisotopic (exact) mass is 279 g/mol. The summed E-state index contributed by atoms with van der Waals surface area (Å²) in [5.74, 6) is -0.164. The number of benzene rings is 1. The van der Waals surface area contributed by atoms with Crippen LogP contribution >= 0.6 is 0 Å². The molecule has 20 heavy (non-hydrogen) atoms. The number of amides is 1. The molecule has 4 heteroatoms. The van der Waals surface area contributed by atoms with Crippen LogP contribution in [0.25, 0.3) is 0 Å². The van der Waals surface area contributed by atoms with Crippen molar-refractivity contribution in [3.63, 3.8) is 0 Å². The van der Waals surface area contributed by atoms with Crippen LogP contribution < -0.4 is 0 Å². The average Bonchev–Trinajstić information content (AvgIpc) is 2.71. The molecule has 1 heterocycles. The number of aliphatic hydroxyl groups excluding tert-OH is 1. The van der Waals surface area contributed by atoms with E-state index in [2.05, 4.69) is 0 Å². The fourth-order valence-corrected chi connectivity index (χ4v) is 2.74. The van der Waals surface area contributed by atoms with Gasteiger partial charge in [0.15, 0.2) is 0 Å². The van der Waals surface area contributed by atoms with Crippen LogP contribution in [-0.2, 0) is 11.2 Å². The molecule has 1 fully saturated rings. The summed E-state index contributed by atoms with van der Waals surface area (Å²) in [4.78, 5) is 14.1. The molecule has 2 rings (SSSR count). The Morgan fingerprint density at radius 1 is 1.25 bits per heavy atom. The molecule has 1 amide bonds. The number of likely N-dealkylation sites (tertiary alicyclic amines) is 1. The van der Waals surface area contributed by atoms with E-state index in [-0.39, 0.29) is 24.4 Å². The Morgan fingerprint density at radius 3 is 2.70 bits per heavy atom. The molecule has 3 nitrogen and oxygen atoms in total. The lowest BCUT2D eigenvalue weighted by Gasteiger charge is -2.28. The summed E-state index contributed by atoms with van der Waals surface area (Å²) in [5, 5.41) is 9.42. The molecular weight excluding hydrogens is 257 g/mol. The Balaban J connectivity index is 1.90. The Hall–Kier alpha value is -1.42. The van der Waals surface area contributed by atoms with Crippen molar-refractivity contribution >= 4 is 5.91 Å². The minimum atomic E-state index is -0.257. The molecule has 0 aliphatic carbocycles. The Morgan fingerprint density at radius 2 is 2.00 bits per heavy atom. The van der Waals surface area contributed by atoms with Crippen molar-refractivity contribution in [2.45, 2.75) is 44.6 Å². The third-order valence-electron chi connectivity index (χ3n) is 3.95. The van der Waals surface area contributed by atoms with Crippen molar-refractivity contribution in [2.24, 2.45) is 0 Å². The first-order chi connectivity index (χ1) is 9.70. The molecule has 1 aliphatic rings. The number of nitrogens with zero attached hydrogens (tertiary/aromatic N) is 1. The van der Waals surface area contributed by atoms with Gasteiger partial charge in [-0.25, -0.2) is 4.39 Å². The zero-order chi connectivity index (χ0) is 14.4. The molecule has 1 aromatic rings. The van der Waals surface area contributed by atoms with Gasteiger partial charge >= 0.3 is 0 Å². The van der Waals surface area contributed by atoms with Crippen molar-refractivity contribution in [3.8, 4) is 0 Å². The molecule has 110 valence electrons. The number of aliphatic hydroxyl groups is 1. The zero-order valence-corrected chi connectivity index (χ0v) is 11.7. The molecule has 0 radical (unpaired) electrons. The molecular formula is C16H22FNO2. The first kappa shape index (κ1) is 15.0. The van der Waals surface area contributed by atoms with E-state index in [1.807, 2.05) is 4.90 Å². The van der Waals surface area contributed by atoms with Crippen LogP contribution in [-0.4, -0.2) is 35.1 Å². The normalized spacial score (nSPS) is 19.7. The van der Waals surface area contributed by atoms with Crippen molar-refractivity contribution in [1.29, 1.82) is 0 Å². The van der Waals surface area contributed by atoms with Gasteiger partial charge in [0.05, 0.1) is 12.6 Å². The maximum atomic E-state index is 12.8. The molecule has 1 unspecified atom stereocenters. The molecule has 0 saturated carbocycles. The van der Waals surface area contributed by atoms with Crippen LogP contribution in [0.15, 0.2) is 24.3 Å². The van der Waals surface area contributed by atoms with Crippen molar-refractivity contribution < 1.29 is 14.3 Å². The van der Waals surface area contributed by atoms with E-state index in [1.54, 1.807) is 12.1 Å². The highest BCUT2D eigenvalue weighted by molar-refractivity contribution is 5.76. The smallest absolute Gasteiger partial charge is 0.223 e. The predicted molar refractivity (Wildman–Crippen MR) is 75.8 cm³/mol. The summed E-state index contributed by atoms with van der Waals surface area (Å²) in [5.41, 5.74) is 0.968. The number of aryl methyl sites for hydroxylation is 1. The molecule has 1 saturated heterocycles. The van der Waals surface area contributed by atoms with E-state index in [0.29, 0.717) is 12.8 Å². The first-order valence-corrected chi connectivity index (χ1v) is 7.35. The van der Waals surface area contributed by atoms with Crippen LogP contribution in [0.4, 0.5) is 4.39 Å². The first-order valence-electron chi connectivity index (χ1n) is 7.35. The van der Waals surface area contributed by atoms with Gasteiger partial charge in [-0.3, -0.25) is 4.79 Å². The highest BCUT2D eigenvalue weighted by Crippen LogP contribution is 2.18. The van der Waals surface area contributed by atoms with E-state index in [4.69, 9.17) is 0 Å². The van der Waals surface area contributed by atoms with Crippen molar-refractivity contribution in [1.82, 2.24) is 4.90 Å². The summed E-state index contributed by atoms with van der Waals surface area (Å²) in [6.07, 6.45) is 5.14. The highest BCUT2D eigenvalue weighted by Gasteiger charge is 2.24. The fraction of sp³-hybridized carbons (Fsp3) is 0.562. The maximum absolute atomic E-state index is 12.8. The number of halogens is 1. The van der Waals surface area contributed by atoms with E-state index in [0.717, 1.165) is 37.8 Å². The van der Waals surface area contributed by atoms with E-state index in [9.17, 15) is 14.3 Å². The third kappa shape index (κ3) is 4.04. The fourth-order valence-electron chi connectivity index (χ4n) is 2.74. The molecule has 0 spiro atoms. The van der Waals surface area contributed by atoms with Gasteiger partial charge in [0.1, 0.15) is 5.82 Å². The predicted octanol–water partition coefficient (Wildman–Crippen LogP) is 2.52. The van der Waals surface area contributed by atoms with Gasteiger partial charge < -0.3 is 10.0 Å². The van der Waals surface area contributed by atoms with Crippen molar-refractivity contribution in [3.05, 3.63) is 35.6 Å². The van der Waals surface area contributed by atoms with Gasteiger partial charge in [-0.1, -0.05) is 25.0 Å². The minimum absolute atomic E-state index is 0.0294. The lowest BCUT2D eigenvalue weighted by molar-refractivity contribution is -0.134. The molecule has 1 N–H and O–H groups in total. The van der Waals surface area contributed by atoms with Gasteiger partial charge in [-0.15, -0.1) is 0 Å². The van der Waals surface area contributed by atoms with Crippen LogP contribution in [0.2, 0.25) is 0 Å². The molecule has 1 atom stereocenters. The second-order valence-corrected chi connectivity index (χ2v) is 5.40. The summed E-state index contributed by atoms with van der Waals surface area (Å²) < 4.78 is 12.8. The standard InChI is InChI=1S/C16H22FNO2/c17-14-8-5-13(6-9-14)7-10-16(20)18-11-3-1-2-4-15(18)12-19/h5-6,8-9,15,19H,1-4,7,10-12H2. The second kappa shape index (κ2) is 7.39. The summed E-state index contributed by atoms with van der Waals surface area (Å²) in [7, 11) is 0. The number of carbonyl (C=O) groups excluding carboxylic acids is 1. The van der Waals surface area contributed by atoms with Gasteiger partial charge in [0, 0.05) is 13.0 Å². The quantitative estimate of drug-likeness (QED) is 0.920. The number of hydrogen-bond acceptors (Lipinski definition) is 2. The highest BCUT2D eigenvalue weighted by atomic mass is 19.1. The third-order valence-corrected chi connectivity index (χ3v) is 3.95.